The van der Waals surface area contributed by atoms with Crippen LogP contribution in [0.2, 0.25) is 0 Å². The Hall–Kier alpha value is -2.60. The summed E-state index contributed by atoms with van der Waals surface area (Å²) in [4.78, 5) is 16.0. The Labute approximate surface area is 167 Å². The Kier molecular flexibility index (Phi) is 5.89. The number of anilines is 2. The number of hydrogen-bond acceptors (Lipinski definition) is 5. The van der Waals surface area contributed by atoms with Crippen LogP contribution in [0.5, 0.6) is 0 Å². The summed E-state index contributed by atoms with van der Waals surface area (Å²) in [5.41, 5.74) is 2.73. The van der Waals surface area contributed by atoms with E-state index in [2.05, 4.69) is 55.1 Å². The van der Waals surface area contributed by atoms with Crippen LogP contribution in [0.3, 0.4) is 0 Å². The minimum atomic E-state index is -0.305. The van der Waals surface area contributed by atoms with Crippen molar-refractivity contribution in [3.8, 4) is 0 Å². The van der Waals surface area contributed by atoms with Gasteiger partial charge in [0.15, 0.2) is 0 Å². The highest BCUT2D eigenvalue weighted by Crippen LogP contribution is 2.39. The third kappa shape index (κ3) is 4.62. The largest absolute Gasteiger partial charge is 0.372 e. The average Bonchev–Trinajstić information content (AvgIpc) is 2.66. The second-order valence-electron chi connectivity index (χ2n) is 8.60. The zero-order chi connectivity index (χ0) is 20.3. The molecule has 150 valence electrons. The molecule has 0 aromatic heterocycles. The summed E-state index contributed by atoms with van der Waals surface area (Å²) in [7, 11) is 2.12. The van der Waals surface area contributed by atoms with Gasteiger partial charge in [-0.15, -0.1) is 0 Å². The van der Waals surface area contributed by atoms with Gasteiger partial charge in [0.1, 0.15) is 5.69 Å². The highest BCUT2D eigenvalue weighted by atomic mass is 16.6. The van der Waals surface area contributed by atoms with Gasteiger partial charge in [-0.2, -0.15) is 0 Å². The molecule has 2 aromatic rings. The van der Waals surface area contributed by atoms with Crippen molar-refractivity contribution in [1.82, 2.24) is 4.90 Å². The van der Waals surface area contributed by atoms with Gasteiger partial charge in [-0.25, -0.2) is 0 Å². The second-order valence-corrected chi connectivity index (χ2v) is 8.60. The summed E-state index contributed by atoms with van der Waals surface area (Å²) in [5, 5.41) is 15.2. The van der Waals surface area contributed by atoms with Crippen LogP contribution < -0.4 is 10.2 Å². The van der Waals surface area contributed by atoms with E-state index in [-0.39, 0.29) is 22.1 Å². The third-order valence-corrected chi connectivity index (χ3v) is 5.34. The van der Waals surface area contributed by atoms with Crippen LogP contribution in [0.15, 0.2) is 48.5 Å². The maximum absolute atomic E-state index is 11.7. The van der Waals surface area contributed by atoms with E-state index in [4.69, 9.17) is 0 Å². The molecule has 1 N–H and O–H groups in total. The number of hydrogen-bond donors (Lipinski definition) is 1. The molecule has 0 spiro atoms. The van der Waals surface area contributed by atoms with Gasteiger partial charge in [-0.1, -0.05) is 51.1 Å². The Morgan fingerprint density at radius 1 is 1.04 bits per heavy atom. The number of nitrogens with zero attached hydrogens (tertiary/aromatic N) is 3. The first-order valence-corrected chi connectivity index (χ1v) is 9.79. The van der Waals surface area contributed by atoms with Gasteiger partial charge in [0.25, 0.3) is 5.69 Å². The van der Waals surface area contributed by atoms with E-state index in [0.717, 1.165) is 37.4 Å². The summed E-state index contributed by atoms with van der Waals surface area (Å²) >= 11 is 0. The Morgan fingerprint density at radius 3 is 2.25 bits per heavy atom. The molecule has 6 nitrogen and oxygen atoms in total. The third-order valence-electron chi connectivity index (χ3n) is 5.34. The van der Waals surface area contributed by atoms with Crippen molar-refractivity contribution in [3.63, 3.8) is 0 Å². The van der Waals surface area contributed by atoms with Gasteiger partial charge in [0, 0.05) is 37.9 Å². The van der Waals surface area contributed by atoms with Crippen LogP contribution >= 0.6 is 0 Å². The molecule has 0 aliphatic carbocycles. The van der Waals surface area contributed by atoms with E-state index < -0.39 is 0 Å². The predicted octanol–water partition coefficient (Wildman–Crippen LogP) is 4.55. The van der Waals surface area contributed by atoms with Crippen LogP contribution in [0, 0.1) is 15.5 Å². The lowest BCUT2D eigenvalue weighted by atomic mass is 9.82. The summed E-state index contributed by atoms with van der Waals surface area (Å²) in [6, 6.07) is 15.5. The number of nitro benzene ring substituents is 1. The first kappa shape index (κ1) is 20.1. The molecule has 2 aromatic carbocycles. The SMILES string of the molecule is CN1CCN(c2ccc([N+](=O)[O-])c(NC(c3ccccc3)C(C)(C)C)c2)CC1. The fourth-order valence-corrected chi connectivity index (χ4v) is 3.66. The van der Waals surface area contributed by atoms with Gasteiger partial charge in [0.05, 0.1) is 11.0 Å². The van der Waals surface area contributed by atoms with E-state index in [1.807, 2.05) is 30.3 Å². The Morgan fingerprint density at radius 2 is 1.68 bits per heavy atom. The van der Waals surface area contributed by atoms with Crippen molar-refractivity contribution in [2.45, 2.75) is 26.8 Å². The van der Waals surface area contributed by atoms with Gasteiger partial charge in [-0.05, 0) is 30.2 Å². The molecule has 0 bridgehead atoms. The molecular weight excluding hydrogens is 352 g/mol. The fraction of sp³-hybridized carbons (Fsp3) is 0.455. The van der Waals surface area contributed by atoms with Gasteiger partial charge in [0.2, 0.25) is 0 Å². The number of nitro groups is 1. The maximum atomic E-state index is 11.7. The van der Waals surface area contributed by atoms with Crippen LogP contribution in [0.4, 0.5) is 17.1 Å². The monoisotopic (exact) mass is 382 g/mol. The topological polar surface area (TPSA) is 61.7 Å². The summed E-state index contributed by atoms with van der Waals surface area (Å²) < 4.78 is 0. The van der Waals surface area contributed by atoms with Crippen molar-refractivity contribution < 1.29 is 4.92 Å². The standard InChI is InChI=1S/C22H30N4O2/c1-22(2,3)21(17-8-6-5-7-9-17)23-19-16-18(10-11-20(19)26(27)28)25-14-12-24(4)13-15-25/h5-11,16,21,23H,12-15H2,1-4H3. The quantitative estimate of drug-likeness (QED) is 0.607. The Bertz CT molecular complexity index is 809. The molecule has 0 amide bonds. The van der Waals surface area contributed by atoms with Gasteiger partial charge < -0.3 is 15.1 Å². The molecule has 0 radical (unpaired) electrons. The fourth-order valence-electron chi connectivity index (χ4n) is 3.66. The van der Waals surface area contributed by atoms with Crippen LogP contribution in [-0.2, 0) is 0 Å². The number of piperazine rings is 1. The average molecular weight is 383 g/mol. The molecule has 1 saturated heterocycles. The molecule has 1 aliphatic rings. The molecule has 0 saturated carbocycles. The zero-order valence-electron chi connectivity index (χ0n) is 17.2. The minimum absolute atomic E-state index is 0.0462. The number of nitrogens with one attached hydrogen (secondary N) is 1. The smallest absolute Gasteiger partial charge is 0.292 e. The lowest BCUT2D eigenvalue weighted by Crippen LogP contribution is -2.44. The van der Waals surface area contributed by atoms with Crippen molar-refractivity contribution in [2.24, 2.45) is 5.41 Å². The molecule has 1 atom stereocenters. The maximum Gasteiger partial charge on any atom is 0.292 e. The van der Waals surface area contributed by atoms with Gasteiger partial charge in [-0.3, -0.25) is 10.1 Å². The van der Waals surface area contributed by atoms with Gasteiger partial charge >= 0.3 is 0 Å². The number of likely N-dealkylation sites (N-methyl/N-ethyl adjacent to an activating group) is 1. The molecule has 1 aliphatic heterocycles. The van der Waals surface area contributed by atoms with E-state index in [0.29, 0.717) is 5.69 Å². The van der Waals surface area contributed by atoms with Crippen molar-refractivity contribution in [1.29, 1.82) is 0 Å². The molecule has 6 heteroatoms. The molecule has 28 heavy (non-hydrogen) atoms. The van der Waals surface area contributed by atoms with E-state index >= 15 is 0 Å². The predicted molar refractivity (Wildman–Crippen MR) is 115 cm³/mol. The molecule has 3 rings (SSSR count). The number of rotatable bonds is 5. The number of benzene rings is 2. The lowest BCUT2D eigenvalue weighted by Gasteiger charge is -2.35. The Balaban J connectivity index is 1.95. The highest BCUT2D eigenvalue weighted by Gasteiger charge is 2.29. The second kappa shape index (κ2) is 8.19. The first-order chi connectivity index (χ1) is 13.3. The van der Waals surface area contributed by atoms with E-state index in [1.54, 1.807) is 6.07 Å². The minimum Gasteiger partial charge on any atom is -0.372 e. The summed E-state index contributed by atoms with van der Waals surface area (Å²) in [6.45, 7) is 10.3. The van der Waals surface area contributed by atoms with Crippen molar-refractivity contribution >= 4 is 17.1 Å². The lowest BCUT2D eigenvalue weighted by molar-refractivity contribution is -0.384. The molecular formula is C22H30N4O2. The van der Waals surface area contributed by atoms with E-state index in [9.17, 15) is 10.1 Å². The van der Waals surface area contributed by atoms with Crippen LogP contribution in [0.1, 0.15) is 32.4 Å². The molecule has 1 unspecified atom stereocenters. The zero-order valence-corrected chi connectivity index (χ0v) is 17.2. The van der Waals surface area contributed by atoms with E-state index in [1.165, 1.54) is 0 Å². The highest BCUT2D eigenvalue weighted by molar-refractivity contribution is 5.70. The first-order valence-electron chi connectivity index (χ1n) is 9.79. The van der Waals surface area contributed by atoms with Crippen molar-refractivity contribution in [2.75, 3.05) is 43.4 Å². The van der Waals surface area contributed by atoms with Crippen molar-refractivity contribution in [3.05, 3.63) is 64.2 Å². The summed E-state index contributed by atoms with van der Waals surface area (Å²) in [5.74, 6) is 0. The van der Waals surface area contributed by atoms with Crippen LogP contribution in [0.25, 0.3) is 0 Å². The summed E-state index contributed by atoms with van der Waals surface area (Å²) in [6.07, 6.45) is 0. The molecule has 1 fully saturated rings. The molecule has 1 heterocycles. The normalized spacial score (nSPS) is 16.6. The van der Waals surface area contributed by atoms with Crippen LogP contribution in [-0.4, -0.2) is 43.0 Å².